The molecule has 2 aromatic carbocycles. The van der Waals surface area contributed by atoms with Crippen molar-refractivity contribution in [2.45, 2.75) is 17.2 Å². The molecule has 0 spiro atoms. The molecular weight excluding hydrogens is 338 g/mol. The molecule has 3 aromatic rings. The summed E-state index contributed by atoms with van der Waals surface area (Å²) in [6, 6.07) is 19.5. The maximum atomic E-state index is 4.63. The van der Waals surface area contributed by atoms with Gasteiger partial charge in [0.15, 0.2) is 0 Å². The van der Waals surface area contributed by atoms with E-state index < -0.39 is 0 Å². The van der Waals surface area contributed by atoms with Crippen LogP contribution in [0.1, 0.15) is 11.1 Å². The van der Waals surface area contributed by atoms with Crippen molar-refractivity contribution < 1.29 is 0 Å². The number of nitrogens with zero attached hydrogens (tertiary/aromatic N) is 3. The van der Waals surface area contributed by atoms with Crippen molar-refractivity contribution in [1.82, 2.24) is 14.8 Å². The molecule has 1 fully saturated rings. The fraction of sp³-hybridized carbons (Fsp3) is 0.318. The second-order valence-electron chi connectivity index (χ2n) is 7.01. The van der Waals surface area contributed by atoms with Gasteiger partial charge in [0.05, 0.1) is 5.52 Å². The van der Waals surface area contributed by atoms with Gasteiger partial charge in [-0.1, -0.05) is 30.3 Å². The Morgan fingerprint density at radius 3 is 2.58 bits per heavy atom. The Labute approximate surface area is 160 Å². The molecule has 0 amide bonds. The van der Waals surface area contributed by atoms with Crippen LogP contribution in [0.3, 0.4) is 0 Å². The van der Waals surface area contributed by atoms with E-state index in [2.05, 4.69) is 70.4 Å². The number of benzene rings is 2. The fourth-order valence-electron chi connectivity index (χ4n) is 3.48. The van der Waals surface area contributed by atoms with Gasteiger partial charge in [-0.25, -0.2) is 0 Å². The molecule has 26 heavy (non-hydrogen) atoms. The van der Waals surface area contributed by atoms with Crippen LogP contribution in [0.4, 0.5) is 0 Å². The molecular formula is C22H25N3S. The Kier molecular flexibility index (Phi) is 5.54. The first-order chi connectivity index (χ1) is 12.8. The lowest BCUT2D eigenvalue weighted by Crippen LogP contribution is -2.43. The average Bonchev–Trinajstić information content (AvgIpc) is 2.69. The van der Waals surface area contributed by atoms with Crippen molar-refractivity contribution in [1.29, 1.82) is 0 Å². The number of aromatic nitrogens is 1. The van der Waals surface area contributed by atoms with Gasteiger partial charge in [-0.3, -0.25) is 9.88 Å². The number of rotatable bonds is 5. The van der Waals surface area contributed by atoms with Gasteiger partial charge in [0.25, 0.3) is 0 Å². The predicted molar refractivity (Wildman–Crippen MR) is 111 cm³/mol. The summed E-state index contributed by atoms with van der Waals surface area (Å²) in [7, 11) is 2.20. The lowest BCUT2D eigenvalue weighted by atomic mass is 10.0. The Morgan fingerprint density at radius 1 is 0.962 bits per heavy atom. The van der Waals surface area contributed by atoms with Crippen LogP contribution in [0.15, 0.2) is 65.7 Å². The number of pyridine rings is 1. The van der Waals surface area contributed by atoms with E-state index in [-0.39, 0.29) is 0 Å². The highest BCUT2D eigenvalue weighted by Gasteiger charge is 2.15. The summed E-state index contributed by atoms with van der Waals surface area (Å²) in [6.45, 7) is 5.62. The number of thioether (sulfide) groups is 1. The zero-order chi connectivity index (χ0) is 17.8. The SMILES string of the molecule is CN1CCN(Cc2cc(CSc3ccccc3)c3cccnc3c2)CC1. The Balaban J connectivity index is 1.56. The molecule has 4 rings (SSSR count). The van der Waals surface area contributed by atoms with Gasteiger partial charge in [0.2, 0.25) is 0 Å². The van der Waals surface area contributed by atoms with Crippen LogP contribution < -0.4 is 0 Å². The van der Waals surface area contributed by atoms with Crippen LogP contribution in [0.2, 0.25) is 0 Å². The van der Waals surface area contributed by atoms with Crippen molar-refractivity contribution in [3.63, 3.8) is 0 Å². The zero-order valence-electron chi connectivity index (χ0n) is 15.3. The molecule has 0 unspecified atom stereocenters. The first kappa shape index (κ1) is 17.5. The maximum absolute atomic E-state index is 4.63. The topological polar surface area (TPSA) is 19.4 Å². The molecule has 1 aliphatic heterocycles. The lowest BCUT2D eigenvalue weighted by molar-refractivity contribution is 0.148. The molecule has 0 saturated carbocycles. The van der Waals surface area contributed by atoms with E-state index in [1.165, 1.54) is 21.4 Å². The largest absolute Gasteiger partial charge is 0.304 e. The molecule has 2 heterocycles. The molecule has 4 heteroatoms. The molecule has 1 aromatic heterocycles. The van der Waals surface area contributed by atoms with Gasteiger partial charge in [-0.15, -0.1) is 11.8 Å². The molecule has 0 bridgehead atoms. The Bertz CT molecular complexity index is 858. The minimum absolute atomic E-state index is 0.975. The van der Waals surface area contributed by atoms with Crippen LogP contribution >= 0.6 is 11.8 Å². The molecule has 0 N–H and O–H groups in total. The van der Waals surface area contributed by atoms with Crippen LogP contribution in [0, 0.1) is 0 Å². The fourth-order valence-corrected chi connectivity index (χ4v) is 4.39. The average molecular weight is 364 g/mol. The van der Waals surface area contributed by atoms with Gasteiger partial charge in [-0.2, -0.15) is 0 Å². The van der Waals surface area contributed by atoms with Crippen LogP contribution in [-0.4, -0.2) is 48.0 Å². The summed E-state index contributed by atoms with van der Waals surface area (Å²) in [5, 5.41) is 1.28. The quantitative estimate of drug-likeness (QED) is 0.630. The van der Waals surface area contributed by atoms with E-state index in [4.69, 9.17) is 0 Å². The zero-order valence-corrected chi connectivity index (χ0v) is 16.1. The highest BCUT2D eigenvalue weighted by atomic mass is 32.2. The molecule has 0 atom stereocenters. The third kappa shape index (κ3) is 4.26. The van der Waals surface area contributed by atoms with E-state index >= 15 is 0 Å². The third-order valence-electron chi connectivity index (χ3n) is 5.01. The molecule has 1 saturated heterocycles. The minimum atomic E-state index is 0.975. The number of piperazine rings is 1. The van der Waals surface area contributed by atoms with Crippen LogP contribution in [0.25, 0.3) is 10.9 Å². The summed E-state index contributed by atoms with van der Waals surface area (Å²) in [5.41, 5.74) is 3.88. The summed E-state index contributed by atoms with van der Waals surface area (Å²) in [4.78, 5) is 10.9. The second-order valence-corrected chi connectivity index (χ2v) is 8.05. The summed E-state index contributed by atoms with van der Waals surface area (Å²) < 4.78 is 0. The molecule has 3 nitrogen and oxygen atoms in total. The van der Waals surface area contributed by atoms with E-state index in [9.17, 15) is 0 Å². The van der Waals surface area contributed by atoms with Crippen molar-refractivity contribution >= 4 is 22.7 Å². The van der Waals surface area contributed by atoms with Gasteiger partial charge in [0, 0.05) is 55.0 Å². The van der Waals surface area contributed by atoms with Crippen molar-refractivity contribution in [2.24, 2.45) is 0 Å². The van der Waals surface area contributed by atoms with E-state index in [1.807, 2.05) is 24.0 Å². The summed E-state index contributed by atoms with van der Waals surface area (Å²) in [5.74, 6) is 0.975. The summed E-state index contributed by atoms with van der Waals surface area (Å²) >= 11 is 1.90. The predicted octanol–water partition coefficient (Wildman–Crippen LogP) is 4.27. The van der Waals surface area contributed by atoms with Gasteiger partial charge in [0.1, 0.15) is 0 Å². The van der Waals surface area contributed by atoms with E-state index in [0.717, 1.165) is 44.0 Å². The third-order valence-corrected chi connectivity index (χ3v) is 6.07. The molecule has 134 valence electrons. The number of likely N-dealkylation sites (N-methyl/N-ethyl adjacent to an activating group) is 1. The van der Waals surface area contributed by atoms with Gasteiger partial charge < -0.3 is 4.90 Å². The number of hydrogen-bond donors (Lipinski definition) is 0. The highest BCUT2D eigenvalue weighted by molar-refractivity contribution is 7.98. The van der Waals surface area contributed by atoms with Crippen molar-refractivity contribution in [3.05, 3.63) is 71.9 Å². The minimum Gasteiger partial charge on any atom is -0.304 e. The number of hydrogen-bond acceptors (Lipinski definition) is 4. The normalized spacial score (nSPS) is 16.2. The second kappa shape index (κ2) is 8.21. The van der Waals surface area contributed by atoms with Crippen LogP contribution in [-0.2, 0) is 12.3 Å². The lowest BCUT2D eigenvalue weighted by Gasteiger charge is -2.32. The molecule has 0 aliphatic carbocycles. The first-order valence-electron chi connectivity index (χ1n) is 9.23. The van der Waals surface area contributed by atoms with Crippen LogP contribution in [0.5, 0.6) is 0 Å². The Morgan fingerprint density at radius 2 is 1.77 bits per heavy atom. The van der Waals surface area contributed by atoms with E-state index in [1.54, 1.807) is 0 Å². The monoisotopic (exact) mass is 363 g/mol. The summed E-state index contributed by atoms with van der Waals surface area (Å²) in [6.07, 6.45) is 1.90. The maximum Gasteiger partial charge on any atom is 0.0708 e. The van der Waals surface area contributed by atoms with E-state index in [0.29, 0.717) is 0 Å². The first-order valence-corrected chi connectivity index (χ1v) is 10.2. The van der Waals surface area contributed by atoms with Crippen molar-refractivity contribution in [3.8, 4) is 0 Å². The Hall–Kier alpha value is -1.88. The standard InChI is InChI=1S/C22H25N3S/c1-24-10-12-25(13-11-24)16-18-14-19(17-26-20-6-3-2-4-7-20)21-8-5-9-23-22(21)15-18/h2-9,14-15H,10-13,16-17H2,1H3. The smallest absolute Gasteiger partial charge is 0.0708 e. The van der Waals surface area contributed by atoms with Crippen molar-refractivity contribution in [2.75, 3.05) is 33.2 Å². The molecule has 0 radical (unpaired) electrons. The molecule has 1 aliphatic rings. The highest BCUT2D eigenvalue weighted by Crippen LogP contribution is 2.28. The number of fused-ring (bicyclic) bond motifs is 1. The van der Waals surface area contributed by atoms with Gasteiger partial charge in [-0.05, 0) is 42.4 Å². The van der Waals surface area contributed by atoms with Gasteiger partial charge >= 0.3 is 0 Å².